The summed E-state index contributed by atoms with van der Waals surface area (Å²) in [5.41, 5.74) is 11.2. The van der Waals surface area contributed by atoms with E-state index in [1.807, 2.05) is 18.2 Å². The summed E-state index contributed by atoms with van der Waals surface area (Å²) in [5, 5.41) is 0.775. The van der Waals surface area contributed by atoms with Crippen molar-refractivity contribution in [3.63, 3.8) is 0 Å². The summed E-state index contributed by atoms with van der Waals surface area (Å²) in [5.74, 6) is 0. The van der Waals surface area contributed by atoms with E-state index in [1.54, 1.807) is 0 Å². The number of nitrogens with two attached hydrogens (primary N) is 1. The monoisotopic (exact) mass is 302 g/mol. The molecule has 2 N–H and O–H groups in total. The highest BCUT2D eigenvalue weighted by Crippen LogP contribution is 2.25. The Morgan fingerprint density at radius 2 is 1.86 bits per heavy atom. The first-order chi connectivity index (χ1) is 10.0. The molecule has 1 unspecified atom stereocenters. The Balaban J connectivity index is 2.22. The molecule has 0 saturated heterocycles. The quantitative estimate of drug-likeness (QED) is 0.901. The first-order valence-corrected chi connectivity index (χ1v) is 7.61. The Morgan fingerprint density at radius 1 is 1.14 bits per heavy atom. The number of rotatable bonds is 5. The number of benzene rings is 2. The number of hydrogen-bond donors (Lipinski definition) is 1. The van der Waals surface area contributed by atoms with Gasteiger partial charge in [-0.1, -0.05) is 41.9 Å². The van der Waals surface area contributed by atoms with Crippen molar-refractivity contribution in [2.45, 2.75) is 26.4 Å². The van der Waals surface area contributed by atoms with Crippen molar-refractivity contribution in [1.82, 2.24) is 4.90 Å². The minimum Gasteiger partial charge on any atom is -0.329 e. The van der Waals surface area contributed by atoms with Crippen molar-refractivity contribution in [2.24, 2.45) is 5.73 Å². The fraction of sp³-hybridized carbons (Fsp3) is 0.333. The zero-order chi connectivity index (χ0) is 15.4. The standard InChI is InChI=1S/C18H23ClN2/c1-13-6-4-9-17(14(13)2)18(11-20)21(3)12-15-7-5-8-16(19)10-15/h4-10,18H,11-12,20H2,1-3H3. The molecule has 0 aliphatic heterocycles. The van der Waals surface area contributed by atoms with Gasteiger partial charge in [-0.3, -0.25) is 4.90 Å². The van der Waals surface area contributed by atoms with Crippen molar-refractivity contribution >= 4 is 11.6 Å². The molecule has 2 aromatic rings. The van der Waals surface area contributed by atoms with Crippen LogP contribution in [0.4, 0.5) is 0 Å². The van der Waals surface area contributed by atoms with E-state index in [-0.39, 0.29) is 6.04 Å². The molecular formula is C18H23ClN2. The van der Waals surface area contributed by atoms with E-state index in [0.29, 0.717) is 6.54 Å². The van der Waals surface area contributed by atoms with Crippen LogP contribution in [0.3, 0.4) is 0 Å². The molecule has 2 nitrogen and oxygen atoms in total. The SMILES string of the molecule is Cc1cccc(C(CN)N(C)Cc2cccc(Cl)c2)c1C. The lowest BCUT2D eigenvalue weighted by Gasteiger charge is -2.29. The second-order valence-electron chi connectivity index (χ2n) is 5.59. The molecule has 0 heterocycles. The smallest absolute Gasteiger partial charge is 0.0473 e. The Bertz CT molecular complexity index is 610. The van der Waals surface area contributed by atoms with Crippen molar-refractivity contribution < 1.29 is 0 Å². The van der Waals surface area contributed by atoms with Crippen molar-refractivity contribution in [2.75, 3.05) is 13.6 Å². The van der Waals surface area contributed by atoms with Gasteiger partial charge in [0.1, 0.15) is 0 Å². The van der Waals surface area contributed by atoms with Crippen molar-refractivity contribution in [3.8, 4) is 0 Å². The average Bonchev–Trinajstić information content (AvgIpc) is 2.44. The van der Waals surface area contributed by atoms with E-state index in [2.05, 4.69) is 50.1 Å². The van der Waals surface area contributed by atoms with Gasteiger partial charge >= 0.3 is 0 Å². The molecule has 2 aromatic carbocycles. The molecule has 0 saturated carbocycles. The summed E-state index contributed by atoms with van der Waals surface area (Å²) < 4.78 is 0. The number of likely N-dealkylation sites (N-methyl/N-ethyl adjacent to an activating group) is 1. The van der Waals surface area contributed by atoms with Crippen LogP contribution in [0.25, 0.3) is 0 Å². The summed E-state index contributed by atoms with van der Waals surface area (Å²) in [6, 6.07) is 14.6. The lowest BCUT2D eigenvalue weighted by atomic mass is 9.96. The molecular weight excluding hydrogens is 280 g/mol. The molecule has 0 fully saturated rings. The summed E-state index contributed by atoms with van der Waals surface area (Å²) in [6.45, 7) is 5.74. The highest BCUT2D eigenvalue weighted by Gasteiger charge is 2.18. The maximum absolute atomic E-state index is 6.06. The molecule has 3 heteroatoms. The first kappa shape index (κ1) is 16.0. The lowest BCUT2D eigenvalue weighted by molar-refractivity contribution is 0.241. The van der Waals surface area contributed by atoms with Gasteiger partial charge in [-0.15, -0.1) is 0 Å². The van der Waals surface area contributed by atoms with Crippen molar-refractivity contribution in [1.29, 1.82) is 0 Å². The highest BCUT2D eigenvalue weighted by atomic mass is 35.5. The van der Waals surface area contributed by atoms with Crippen LogP contribution in [-0.2, 0) is 6.54 Å². The minimum absolute atomic E-state index is 0.212. The van der Waals surface area contributed by atoms with Crippen LogP contribution in [0.15, 0.2) is 42.5 Å². The second kappa shape index (κ2) is 7.08. The Labute approximate surface area is 132 Å². The third kappa shape index (κ3) is 3.85. The van der Waals surface area contributed by atoms with E-state index < -0.39 is 0 Å². The van der Waals surface area contributed by atoms with Crippen LogP contribution in [0.1, 0.15) is 28.3 Å². The average molecular weight is 303 g/mol. The van der Waals surface area contributed by atoms with E-state index >= 15 is 0 Å². The molecule has 0 bridgehead atoms. The molecule has 2 rings (SSSR count). The Hall–Kier alpha value is -1.35. The maximum atomic E-state index is 6.06. The predicted molar refractivity (Wildman–Crippen MR) is 90.6 cm³/mol. The fourth-order valence-electron chi connectivity index (χ4n) is 2.71. The number of aryl methyl sites for hydroxylation is 1. The minimum atomic E-state index is 0.212. The first-order valence-electron chi connectivity index (χ1n) is 7.23. The summed E-state index contributed by atoms with van der Waals surface area (Å²) in [6.07, 6.45) is 0. The number of hydrogen-bond acceptors (Lipinski definition) is 2. The van der Waals surface area contributed by atoms with Gasteiger partial charge in [-0.2, -0.15) is 0 Å². The predicted octanol–water partition coefficient (Wildman–Crippen LogP) is 4.09. The van der Waals surface area contributed by atoms with Crippen molar-refractivity contribution in [3.05, 3.63) is 69.7 Å². The van der Waals surface area contributed by atoms with Gasteiger partial charge < -0.3 is 5.73 Å². The van der Waals surface area contributed by atoms with Crippen LogP contribution in [0.5, 0.6) is 0 Å². The van der Waals surface area contributed by atoms with Gasteiger partial charge in [-0.05, 0) is 55.3 Å². The fourth-order valence-corrected chi connectivity index (χ4v) is 2.93. The molecule has 0 amide bonds. The summed E-state index contributed by atoms with van der Waals surface area (Å²) in [4.78, 5) is 2.29. The van der Waals surface area contributed by atoms with Crippen LogP contribution in [0, 0.1) is 13.8 Å². The molecule has 1 atom stereocenters. The van der Waals surface area contributed by atoms with Gasteiger partial charge in [0, 0.05) is 24.2 Å². The van der Waals surface area contributed by atoms with E-state index in [4.69, 9.17) is 17.3 Å². The molecule has 0 aliphatic rings. The summed E-state index contributed by atoms with van der Waals surface area (Å²) >= 11 is 6.06. The van der Waals surface area contributed by atoms with Crippen LogP contribution in [-0.4, -0.2) is 18.5 Å². The molecule has 112 valence electrons. The van der Waals surface area contributed by atoms with Crippen LogP contribution >= 0.6 is 11.6 Å². The Morgan fingerprint density at radius 3 is 2.52 bits per heavy atom. The summed E-state index contributed by atoms with van der Waals surface area (Å²) in [7, 11) is 2.11. The largest absolute Gasteiger partial charge is 0.329 e. The number of halogens is 1. The van der Waals surface area contributed by atoms with Crippen LogP contribution < -0.4 is 5.73 Å². The third-order valence-electron chi connectivity index (χ3n) is 4.08. The zero-order valence-electron chi connectivity index (χ0n) is 12.9. The van der Waals surface area contributed by atoms with Gasteiger partial charge in [0.05, 0.1) is 0 Å². The number of nitrogens with zero attached hydrogens (tertiary/aromatic N) is 1. The molecule has 0 aromatic heterocycles. The molecule has 0 aliphatic carbocycles. The van der Waals surface area contributed by atoms with Gasteiger partial charge in [-0.25, -0.2) is 0 Å². The van der Waals surface area contributed by atoms with E-state index in [9.17, 15) is 0 Å². The normalized spacial score (nSPS) is 12.7. The zero-order valence-corrected chi connectivity index (χ0v) is 13.7. The molecule has 21 heavy (non-hydrogen) atoms. The van der Waals surface area contributed by atoms with Gasteiger partial charge in [0.2, 0.25) is 0 Å². The maximum Gasteiger partial charge on any atom is 0.0473 e. The molecule has 0 radical (unpaired) electrons. The molecule has 0 spiro atoms. The van der Waals surface area contributed by atoms with Crippen LogP contribution in [0.2, 0.25) is 5.02 Å². The second-order valence-corrected chi connectivity index (χ2v) is 6.02. The third-order valence-corrected chi connectivity index (χ3v) is 4.32. The lowest BCUT2D eigenvalue weighted by Crippen LogP contribution is -2.30. The van der Waals surface area contributed by atoms with Gasteiger partial charge in [0.15, 0.2) is 0 Å². The topological polar surface area (TPSA) is 29.3 Å². The Kier molecular flexibility index (Phi) is 5.40. The van der Waals surface area contributed by atoms with E-state index in [1.165, 1.54) is 22.3 Å². The van der Waals surface area contributed by atoms with E-state index in [0.717, 1.165) is 11.6 Å². The van der Waals surface area contributed by atoms with Gasteiger partial charge in [0.25, 0.3) is 0 Å². The highest BCUT2D eigenvalue weighted by molar-refractivity contribution is 6.30.